The molecule has 0 saturated heterocycles. The van der Waals surface area contributed by atoms with Crippen LogP contribution in [0, 0.1) is 10.5 Å². The van der Waals surface area contributed by atoms with Crippen LogP contribution in [0.3, 0.4) is 0 Å². The van der Waals surface area contributed by atoms with Crippen molar-refractivity contribution in [1.29, 1.82) is 0 Å². The van der Waals surface area contributed by atoms with Gasteiger partial charge in [0.05, 0.1) is 0 Å². The summed E-state index contributed by atoms with van der Waals surface area (Å²) in [5.41, 5.74) is 1.28. The third kappa shape index (κ3) is 1.65. The van der Waals surface area contributed by atoms with E-state index in [9.17, 15) is 8.78 Å². The zero-order chi connectivity index (χ0) is 10.3. The molecule has 1 aromatic carbocycles. The summed E-state index contributed by atoms with van der Waals surface area (Å²) < 4.78 is 26.8. The summed E-state index contributed by atoms with van der Waals surface area (Å²) in [5.74, 6) is 0. The van der Waals surface area contributed by atoms with Crippen molar-refractivity contribution >= 4 is 44.0 Å². The fraction of sp³-hybridized carbons (Fsp3) is 0.200. The average Bonchev–Trinajstić information content (AvgIpc) is 2.48. The molecule has 0 spiro atoms. The maximum atomic E-state index is 12.5. The number of aryl methyl sites for hydroxylation is 1. The van der Waals surface area contributed by atoms with Crippen LogP contribution < -0.4 is 0 Å². The second-order valence-electron chi connectivity index (χ2n) is 3.10. The van der Waals surface area contributed by atoms with Crippen LogP contribution in [0.15, 0.2) is 17.5 Å². The minimum Gasteiger partial charge on any atom is -0.205 e. The third-order valence-electron chi connectivity index (χ3n) is 2.09. The van der Waals surface area contributed by atoms with Gasteiger partial charge in [-0.25, -0.2) is 8.78 Å². The van der Waals surface area contributed by atoms with Crippen LogP contribution >= 0.6 is 33.9 Å². The molecular formula is C10H7F2IS. The van der Waals surface area contributed by atoms with Crippen molar-refractivity contribution in [3.8, 4) is 0 Å². The molecule has 0 radical (unpaired) electrons. The summed E-state index contributed by atoms with van der Waals surface area (Å²) in [7, 11) is 0. The van der Waals surface area contributed by atoms with Crippen LogP contribution in [0.5, 0.6) is 0 Å². The van der Waals surface area contributed by atoms with Crippen molar-refractivity contribution in [3.05, 3.63) is 32.2 Å². The smallest absolute Gasteiger partial charge is 0.205 e. The molecule has 74 valence electrons. The van der Waals surface area contributed by atoms with E-state index in [1.807, 2.05) is 12.3 Å². The zero-order valence-corrected chi connectivity index (χ0v) is 10.3. The first-order valence-electron chi connectivity index (χ1n) is 4.05. The summed E-state index contributed by atoms with van der Waals surface area (Å²) in [6.45, 7) is 2.00. The highest BCUT2D eigenvalue weighted by atomic mass is 127. The molecule has 0 aliphatic carbocycles. The topological polar surface area (TPSA) is 0 Å². The molecule has 0 bridgehead atoms. The molecule has 2 rings (SSSR count). The van der Waals surface area contributed by atoms with Gasteiger partial charge in [0, 0.05) is 19.2 Å². The number of hydrogen-bond donors (Lipinski definition) is 0. The molecule has 0 saturated carbocycles. The third-order valence-corrected chi connectivity index (χ3v) is 3.98. The highest BCUT2D eigenvalue weighted by Crippen LogP contribution is 2.33. The quantitative estimate of drug-likeness (QED) is 0.664. The monoisotopic (exact) mass is 324 g/mol. The van der Waals surface area contributed by atoms with Gasteiger partial charge >= 0.3 is 0 Å². The summed E-state index contributed by atoms with van der Waals surface area (Å²) in [6.07, 6.45) is -2.38. The first-order chi connectivity index (χ1) is 6.59. The van der Waals surface area contributed by atoms with Crippen molar-refractivity contribution in [2.24, 2.45) is 0 Å². The molecule has 14 heavy (non-hydrogen) atoms. The summed E-state index contributed by atoms with van der Waals surface area (Å²) in [6, 6.07) is 3.15. The van der Waals surface area contributed by atoms with Gasteiger partial charge in [0.15, 0.2) is 0 Å². The molecule has 1 aromatic heterocycles. The highest BCUT2D eigenvalue weighted by Gasteiger charge is 2.12. The molecule has 0 amide bonds. The molecular weight excluding hydrogens is 317 g/mol. The number of hydrogen-bond acceptors (Lipinski definition) is 1. The van der Waals surface area contributed by atoms with Crippen LogP contribution in [0.4, 0.5) is 8.78 Å². The zero-order valence-electron chi connectivity index (χ0n) is 7.35. The molecule has 0 unspecified atom stereocenters. The summed E-state index contributed by atoms with van der Waals surface area (Å²) in [5, 5.41) is 3.11. The molecule has 0 aliphatic rings. The Morgan fingerprint density at radius 3 is 2.71 bits per heavy atom. The van der Waals surface area contributed by atoms with Crippen LogP contribution in [0.2, 0.25) is 0 Å². The van der Waals surface area contributed by atoms with E-state index in [2.05, 4.69) is 22.6 Å². The molecule has 2 aromatic rings. The van der Waals surface area contributed by atoms with Crippen LogP contribution in [0.1, 0.15) is 17.6 Å². The van der Waals surface area contributed by atoms with Crippen LogP contribution in [-0.2, 0) is 0 Å². The van der Waals surface area contributed by atoms with Crippen molar-refractivity contribution in [1.82, 2.24) is 0 Å². The van der Waals surface area contributed by atoms with Crippen molar-refractivity contribution < 1.29 is 8.78 Å². The highest BCUT2D eigenvalue weighted by molar-refractivity contribution is 14.1. The number of benzene rings is 1. The van der Waals surface area contributed by atoms with Gasteiger partial charge in [0.25, 0.3) is 6.43 Å². The predicted octanol–water partition coefficient (Wildman–Crippen LogP) is 4.75. The van der Waals surface area contributed by atoms with Gasteiger partial charge in [-0.2, -0.15) is 0 Å². The van der Waals surface area contributed by atoms with E-state index in [4.69, 9.17) is 0 Å². The Labute approximate surface area is 98.1 Å². The van der Waals surface area contributed by atoms with Crippen molar-refractivity contribution in [2.45, 2.75) is 13.3 Å². The van der Waals surface area contributed by atoms with Gasteiger partial charge in [-0.3, -0.25) is 0 Å². The summed E-state index contributed by atoms with van der Waals surface area (Å²) >= 11 is 3.63. The van der Waals surface area contributed by atoms with E-state index in [1.165, 1.54) is 11.3 Å². The molecule has 0 N–H and O–H groups in total. The van der Waals surface area contributed by atoms with Crippen LogP contribution in [-0.4, -0.2) is 0 Å². The Morgan fingerprint density at radius 1 is 1.36 bits per heavy atom. The van der Waals surface area contributed by atoms with E-state index in [0.29, 0.717) is 0 Å². The Bertz CT molecular complexity index is 476. The number of fused-ring (bicyclic) bond motifs is 1. The maximum absolute atomic E-state index is 12.5. The van der Waals surface area contributed by atoms with Crippen LogP contribution in [0.25, 0.3) is 10.1 Å². The standard InChI is InChI=1S/C10H7F2IS/c1-5-4-14-8-3-6(10(11)12)2-7(13)9(5)8/h2-4,10H,1H3. The fourth-order valence-electron chi connectivity index (χ4n) is 1.41. The number of thiophene rings is 1. The molecule has 0 fully saturated rings. The lowest BCUT2D eigenvalue weighted by molar-refractivity contribution is 0.151. The van der Waals surface area contributed by atoms with Gasteiger partial charge in [0.1, 0.15) is 0 Å². The second kappa shape index (κ2) is 3.73. The lowest BCUT2D eigenvalue weighted by atomic mass is 10.1. The first-order valence-corrected chi connectivity index (χ1v) is 6.01. The predicted molar refractivity (Wildman–Crippen MR) is 64.2 cm³/mol. The van der Waals surface area contributed by atoms with Gasteiger partial charge in [0.2, 0.25) is 0 Å². The number of rotatable bonds is 1. The SMILES string of the molecule is Cc1csc2cc(C(F)F)cc(I)c12. The normalized spacial score (nSPS) is 11.5. The Morgan fingerprint density at radius 2 is 2.07 bits per heavy atom. The lowest BCUT2D eigenvalue weighted by Gasteiger charge is -2.02. The molecule has 0 aliphatic heterocycles. The van der Waals surface area contributed by atoms with Crippen molar-refractivity contribution in [3.63, 3.8) is 0 Å². The summed E-state index contributed by atoms with van der Waals surface area (Å²) in [4.78, 5) is 0. The van der Waals surface area contributed by atoms with E-state index >= 15 is 0 Å². The van der Waals surface area contributed by atoms with Gasteiger partial charge < -0.3 is 0 Å². The largest absolute Gasteiger partial charge is 0.263 e. The molecule has 1 heterocycles. The Kier molecular flexibility index (Phi) is 2.74. The fourth-order valence-corrected chi connectivity index (χ4v) is 3.69. The Hall–Kier alpha value is -0.230. The molecule has 4 heteroatoms. The lowest BCUT2D eigenvalue weighted by Crippen LogP contribution is -1.85. The molecule has 0 nitrogen and oxygen atoms in total. The minimum atomic E-state index is -2.38. The van der Waals surface area contributed by atoms with E-state index in [1.54, 1.807) is 12.1 Å². The maximum Gasteiger partial charge on any atom is 0.263 e. The molecule has 0 atom stereocenters. The number of alkyl halides is 2. The number of halogens is 3. The first kappa shape index (κ1) is 10.3. The minimum absolute atomic E-state index is 0.115. The van der Waals surface area contributed by atoms with E-state index < -0.39 is 6.43 Å². The van der Waals surface area contributed by atoms with Gasteiger partial charge in [-0.05, 0) is 52.6 Å². The van der Waals surface area contributed by atoms with Crippen molar-refractivity contribution in [2.75, 3.05) is 0 Å². The van der Waals surface area contributed by atoms with E-state index in [0.717, 1.165) is 19.2 Å². The van der Waals surface area contributed by atoms with Gasteiger partial charge in [-0.1, -0.05) is 0 Å². The van der Waals surface area contributed by atoms with Gasteiger partial charge in [-0.15, -0.1) is 11.3 Å². The van der Waals surface area contributed by atoms with E-state index in [-0.39, 0.29) is 5.56 Å². The Balaban J connectivity index is 2.74. The second-order valence-corrected chi connectivity index (χ2v) is 5.17. The average molecular weight is 324 g/mol.